The lowest BCUT2D eigenvalue weighted by molar-refractivity contribution is -0.148. The summed E-state index contributed by atoms with van der Waals surface area (Å²) in [5.41, 5.74) is -1.22. The van der Waals surface area contributed by atoms with Crippen LogP contribution < -0.4 is 5.32 Å². The lowest BCUT2D eigenvalue weighted by Gasteiger charge is -2.28. The Labute approximate surface area is 116 Å². The van der Waals surface area contributed by atoms with Gasteiger partial charge in [0.05, 0.1) is 0 Å². The summed E-state index contributed by atoms with van der Waals surface area (Å²) in [6.07, 6.45) is 5.04. The molecule has 0 spiro atoms. The molecule has 0 saturated heterocycles. The van der Waals surface area contributed by atoms with Gasteiger partial charge in [0, 0.05) is 5.92 Å². The van der Waals surface area contributed by atoms with Gasteiger partial charge in [-0.3, -0.25) is 4.79 Å². The van der Waals surface area contributed by atoms with Gasteiger partial charge in [-0.05, 0) is 37.5 Å². The molecule has 1 amide bonds. The topological polar surface area (TPSA) is 66.4 Å². The zero-order chi connectivity index (χ0) is 14.8. The maximum absolute atomic E-state index is 12.9. The molecule has 0 aromatic heterocycles. The van der Waals surface area contributed by atoms with E-state index >= 15 is 0 Å². The summed E-state index contributed by atoms with van der Waals surface area (Å²) in [6.45, 7) is 1.41. The molecule has 0 radical (unpaired) electrons. The second kappa shape index (κ2) is 5.45. The number of amides is 1. The van der Waals surface area contributed by atoms with E-state index in [-0.39, 0.29) is 11.8 Å². The number of hydrogen-bond donors (Lipinski definition) is 2. The third-order valence-electron chi connectivity index (χ3n) is 3.60. The Hall–Kier alpha value is -2.17. The molecule has 0 saturated carbocycles. The van der Waals surface area contributed by atoms with E-state index in [0.717, 1.165) is 0 Å². The van der Waals surface area contributed by atoms with Gasteiger partial charge in [0.2, 0.25) is 5.91 Å². The summed E-state index contributed by atoms with van der Waals surface area (Å²) < 4.78 is 12.9. The minimum Gasteiger partial charge on any atom is -0.479 e. The monoisotopic (exact) mass is 277 g/mol. The van der Waals surface area contributed by atoms with Gasteiger partial charge < -0.3 is 10.4 Å². The predicted molar refractivity (Wildman–Crippen MR) is 71.4 cm³/mol. The van der Waals surface area contributed by atoms with E-state index in [9.17, 15) is 19.1 Å². The number of nitrogens with one attached hydrogen (secondary N) is 1. The predicted octanol–water partition coefficient (Wildman–Crippen LogP) is 2.21. The van der Waals surface area contributed by atoms with Crippen molar-refractivity contribution in [2.75, 3.05) is 0 Å². The van der Waals surface area contributed by atoms with Gasteiger partial charge in [-0.15, -0.1) is 0 Å². The molecule has 1 aromatic carbocycles. The van der Waals surface area contributed by atoms with Crippen molar-refractivity contribution >= 4 is 11.9 Å². The maximum atomic E-state index is 12.9. The Morgan fingerprint density at radius 2 is 1.80 bits per heavy atom. The smallest absolute Gasteiger partial charge is 0.333 e. The Bertz CT molecular complexity index is 545. The summed E-state index contributed by atoms with van der Waals surface area (Å²) in [5, 5.41) is 12.0. The van der Waals surface area contributed by atoms with Gasteiger partial charge in [0.15, 0.2) is 5.54 Å². The van der Waals surface area contributed by atoms with Crippen LogP contribution in [0, 0.1) is 11.7 Å². The summed E-state index contributed by atoms with van der Waals surface area (Å²) in [5.74, 6) is -2.16. The number of aliphatic carboxylic acids is 1. The molecule has 0 bridgehead atoms. The quantitative estimate of drug-likeness (QED) is 0.829. The van der Waals surface area contributed by atoms with Crippen LogP contribution in [0.2, 0.25) is 0 Å². The molecule has 0 aliphatic heterocycles. The van der Waals surface area contributed by atoms with Crippen LogP contribution in [-0.4, -0.2) is 17.0 Å². The average molecular weight is 277 g/mol. The highest BCUT2D eigenvalue weighted by atomic mass is 19.1. The SMILES string of the molecule is CC(NC(=O)C1CC=CC1)(C(=O)O)c1ccc(F)cc1. The molecule has 4 nitrogen and oxygen atoms in total. The highest BCUT2D eigenvalue weighted by Crippen LogP contribution is 2.25. The molecule has 1 atom stereocenters. The van der Waals surface area contributed by atoms with Crippen molar-refractivity contribution in [3.05, 3.63) is 47.8 Å². The molecule has 106 valence electrons. The van der Waals surface area contributed by atoms with Crippen LogP contribution in [-0.2, 0) is 15.1 Å². The van der Waals surface area contributed by atoms with Crippen LogP contribution >= 0.6 is 0 Å². The number of benzene rings is 1. The van der Waals surface area contributed by atoms with Crippen molar-refractivity contribution in [1.29, 1.82) is 0 Å². The summed E-state index contributed by atoms with van der Waals surface area (Å²) in [6, 6.07) is 5.10. The van der Waals surface area contributed by atoms with Crippen molar-refractivity contribution in [2.45, 2.75) is 25.3 Å². The van der Waals surface area contributed by atoms with Crippen molar-refractivity contribution in [3.63, 3.8) is 0 Å². The standard InChI is InChI=1S/C15H16FNO3/c1-15(14(19)20,11-6-8-12(16)9-7-11)17-13(18)10-4-2-3-5-10/h2-3,6-10H,4-5H2,1H3,(H,17,18)(H,19,20). The number of carbonyl (C=O) groups excluding carboxylic acids is 1. The van der Waals surface area contributed by atoms with Gasteiger partial charge in [0.1, 0.15) is 5.82 Å². The first-order chi connectivity index (χ1) is 9.43. The molecular formula is C15H16FNO3. The number of carbonyl (C=O) groups is 2. The fraction of sp³-hybridized carbons (Fsp3) is 0.333. The largest absolute Gasteiger partial charge is 0.479 e. The van der Waals surface area contributed by atoms with Crippen LogP contribution in [0.5, 0.6) is 0 Å². The van der Waals surface area contributed by atoms with Crippen LogP contribution in [0.1, 0.15) is 25.3 Å². The number of rotatable bonds is 4. The van der Waals surface area contributed by atoms with Gasteiger partial charge in [-0.25, -0.2) is 9.18 Å². The molecule has 1 aliphatic carbocycles. The number of allylic oxidation sites excluding steroid dienone is 2. The lowest BCUT2D eigenvalue weighted by atomic mass is 9.91. The highest BCUT2D eigenvalue weighted by Gasteiger charge is 2.38. The molecule has 2 rings (SSSR count). The van der Waals surface area contributed by atoms with Crippen molar-refractivity contribution in [3.8, 4) is 0 Å². The van der Waals surface area contributed by atoms with Crippen LogP contribution in [0.15, 0.2) is 36.4 Å². The minimum absolute atomic E-state index is 0.228. The van der Waals surface area contributed by atoms with Crippen LogP contribution in [0.25, 0.3) is 0 Å². The Morgan fingerprint density at radius 3 is 2.30 bits per heavy atom. The maximum Gasteiger partial charge on any atom is 0.333 e. The number of carboxylic acids is 1. The van der Waals surface area contributed by atoms with E-state index in [1.807, 2.05) is 12.2 Å². The highest BCUT2D eigenvalue weighted by molar-refractivity contribution is 5.89. The van der Waals surface area contributed by atoms with E-state index < -0.39 is 17.3 Å². The summed E-state index contributed by atoms with van der Waals surface area (Å²) in [4.78, 5) is 23.7. The van der Waals surface area contributed by atoms with Crippen LogP contribution in [0.4, 0.5) is 4.39 Å². The number of hydrogen-bond acceptors (Lipinski definition) is 2. The molecule has 1 unspecified atom stereocenters. The Kier molecular flexibility index (Phi) is 3.88. The lowest BCUT2D eigenvalue weighted by Crippen LogP contribution is -2.51. The molecule has 1 aromatic rings. The molecule has 0 fully saturated rings. The molecule has 5 heteroatoms. The third kappa shape index (κ3) is 2.71. The average Bonchev–Trinajstić information content (AvgIpc) is 2.93. The molecular weight excluding hydrogens is 261 g/mol. The first-order valence-corrected chi connectivity index (χ1v) is 6.40. The van der Waals surface area contributed by atoms with Gasteiger partial charge in [0.25, 0.3) is 0 Å². The third-order valence-corrected chi connectivity index (χ3v) is 3.60. The Morgan fingerprint density at radius 1 is 1.25 bits per heavy atom. The van der Waals surface area contributed by atoms with Crippen LogP contribution in [0.3, 0.4) is 0 Å². The second-order valence-electron chi connectivity index (χ2n) is 5.07. The van der Waals surface area contributed by atoms with E-state index in [2.05, 4.69) is 5.32 Å². The number of halogens is 1. The molecule has 1 aliphatic rings. The first kappa shape index (κ1) is 14.2. The van der Waals surface area contributed by atoms with Crippen molar-refractivity contribution in [1.82, 2.24) is 5.32 Å². The second-order valence-corrected chi connectivity index (χ2v) is 5.07. The Balaban J connectivity index is 2.23. The van der Waals surface area contributed by atoms with E-state index in [0.29, 0.717) is 18.4 Å². The van der Waals surface area contributed by atoms with E-state index in [1.165, 1.54) is 31.2 Å². The normalized spacial score (nSPS) is 17.7. The molecule has 0 heterocycles. The van der Waals surface area contributed by atoms with Gasteiger partial charge in [-0.2, -0.15) is 0 Å². The van der Waals surface area contributed by atoms with Crippen molar-refractivity contribution < 1.29 is 19.1 Å². The zero-order valence-electron chi connectivity index (χ0n) is 11.1. The van der Waals surface area contributed by atoms with Crippen molar-refractivity contribution in [2.24, 2.45) is 5.92 Å². The van der Waals surface area contributed by atoms with Gasteiger partial charge in [-0.1, -0.05) is 24.3 Å². The molecule has 2 N–H and O–H groups in total. The van der Waals surface area contributed by atoms with Gasteiger partial charge >= 0.3 is 5.97 Å². The minimum atomic E-state index is -1.56. The summed E-state index contributed by atoms with van der Waals surface area (Å²) in [7, 11) is 0. The fourth-order valence-corrected chi connectivity index (χ4v) is 2.21. The molecule has 20 heavy (non-hydrogen) atoms. The van der Waals surface area contributed by atoms with E-state index in [1.54, 1.807) is 0 Å². The number of carboxylic acid groups (broad SMARTS) is 1. The summed E-state index contributed by atoms with van der Waals surface area (Å²) >= 11 is 0. The van der Waals surface area contributed by atoms with E-state index in [4.69, 9.17) is 0 Å². The fourth-order valence-electron chi connectivity index (χ4n) is 2.21. The zero-order valence-corrected chi connectivity index (χ0v) is 11.1. The first-order valence-electron chi connectivity index (χ1n) is 6.40.